The van der Waals surface area contributed by atoms with Gasteiger partial charge in [0, 0.05) is 45.8 Å². The molecule has 0 aromatic heterocycles. The lowest BCUT2D eigenvalue weighted by Crippen LogP contribution is -2.58. The van der Waals surface area contributed by atoms with Crippen LogP contribution in [0.4, 0.5) is 4.39 Å². The molecule has 1 unspecified atom stereocenters. The van der Waals surface area contributed by atoms with Crippen LogP contribution in [0.25, 0.3) is 0 Å². The number of hydrogen-bond donors (Lipinski definition) is 0. The zero-order valence-electron chi connectivity index (χ0n) is 17.3. The zero-order chi connectivity index (χ0) is 20.3. The number of benzene rings is 1. The van der Waals surface area contributed by atoms with Crippen molar-refractivity contribution in [2.75, 3.05) is 66.1 Å². The van der Waals surface area contributed by atoms with Crippen LogP contribution in [0.1, 0.15) is 19.3 Å². The Morgan fingerprint density at radius 3 is 2.59 bits per heavy atom. The summed E-state index contributed by atoms with van der Waals surface area (Å²) in [7, 11) is 2.08. The van der Waals surface area contributed by atoms with E-state index in [1.165, 1.54) is 25.0 Å². The lowest BCUT2D eigenvalue weighted by molar-refractivity contribution is -0.157. The largest absolute Gasteiger partial charge is 0.491 e. The second-order valence-corrected chi connectivity index (χ2v) is 8.81. The molecule has 0 N–H and O–H groups in total. The number of carbonyl (C=O) groups excluding carboxylic acids is 1. The van der Waals surface area contributed by atoms with Crippen LogP contribution in [0.2, 0.25) is 0 Å². The van der Waals surface area contributed by atoms with Gasteiger partial charge in [-0.2, -0.15) is 0 Å². The summed E-state index contributed by atoms with van der Waals surface area (Å²) in [6.45, 7) is 6.89. The highest BCUT2D eigenvalue weighted by Crippen LogP contribution is 2.32. The Labute approximate surface area is 172 Å². The van der Waals surface area contributed by atoms with Crippen LogP contribution < -0.4 is 4.74 Å². The van der Waals surface area contributed by atoms with Crippen LogP contribution in [0, 0.1) is 11.7 Å². The van der Waals surface area contributed by atoms with Gasteiger partial charge in [0.25, 0.3) is 0 Å². The molecule has 2 aliphatic heterocycles. The van der Waals surface area contributed by atoms with E-state index in [1.807, 2.05) is 4.90 Å². The minimum absolute atomic E-state index is 0.133. The number of amides is 1. The molecule has 1 aliphatic carbocycles. The maximum atomic E-state index is 13.2. The van der Waals surface area contributed by atoms with Gasteiger partial charge in [-0.15, -0.1) is 0 Å². The van der Waals surface area contributed by atoms with Crippen molar-refractivity contribution in [3.8, 4) is 5.75 Å². The summed E-state index contributed by atoms with van der Waals surface area (Å²) in [6.07, 6.45) is 2.92. The first kappa shape index (κ1) is 20.6. The molecule has 1 aromatic rings. The number of hydrogen-bond acceptors (Lipinski definition) is 5. The first-order valence-corrected chi connectivity index (χ1v) is 10.7. The fourth-order valence-corrected chi connectivity index (χ4v) is 4.18. The van der Waals surface area contributed by atoms with Gasteiger partial charge in [0.05, 0.1) is 13.0 Å². The maximum absolute atomic E-state index is 13.2. The highest BCUT2D eigenvalue weighted by Gasteiger charge is 2.42. The zero-order valence-corrected chi connectivity index (χ0v) is 17.3. The second-order valence-electron chi connectivity index (χ2n) is 8.81. The Kier molecular flexibility index (Phi) is 6.37. The molecule has 0 bridgehead atoms. The fraction of sp³-hybridized carbons (Fsp3) is 0.682. The molecule has 1 amide bonds. The maximum Gasteiger partial charge on any atom is 0.225 e. The molecule has 3 aliphatic rings. The van der Waals surface area contributed by atoms with Crippen molar-refractivity contribution in [1.29, 1.82) is 0 Å². The monoisotopic (exact) mass is 405 g/mol. The summed E-state index contributed by atoms with van der Waals surface area (Å²) in [6, 6.07) is 6.02. The van der Waals surface area contributed by atoms with Crippen molar-refractivity contribution in [3.63, 3.8) is 0 Å². The van der Waals surface area contributed by atoms with Crippen LogP contribution in [0.5, 0.6) is 5.75 Å². The molecule has 2 heterocycles. The predicted molar refractivity (Wildman–Crippen MR) is 108 cm³/mol. The van der Waals surface area contributed by atoms with Crippen molar-refractivity contribution in [1.82, 2.24) is 14.7 Å². The molecular formula is C22H32FN3O3. The molecule has 29 heavy (non-hydrogen) atoms. The van der Waals surface area contributed by atoms with Crippen molar-refractivity contribution in [2.45, 2.75) is 24.9 Å². The van der Waals surface area contributed by atoms with Gasteiger partial charge >= 0.3 is 0 Å². The third kappa shape index (κ3) is 5.68. The number of rotatable bonds is 7. The van der Waals surface area contributed by atoms with Crippen LogP contribution in [0.15, 0.2) is 24.3 Å². The van der Waals surface area contributed by atoms with Crippen LogP contribution in [-0.2, 0) is 9.53 Å². The molecule has 2 saturated heterocycles. The van der Waals surface area contributed by atoms with E-state index >= 15 is 0 Å². The molecule has 1 saturated carbocycles. The molecule has 3 fully saturated rings. The molecule has 1 atom stereocenters. The van der Waals surface area contributed by atoms with Gasteiger partial charge in [-0.25, -0.2) is 4.39 Å². The van der Waals surface area contributed by atoms with E-state index in [4.69, 9.17) is 9.47 Å². The van der Waals surface area contributed by atoms with E-state index in [0.29, 0.717) is 31.9 Å². The fourth-order valence-electron chi connectivity index (χ4n) is 4.18. The average Bonchev–Trinajstić information content (AvgIpc) is 3.52. The average molecular weight is 406 g/mol. The Bertz CT molecular complexity index is 689. The van der Waals surface area contributed by atoms with E-state index in [0.717, 1.165) is 45.2 Å². The molecule has 7 heteroatoms. The number of halogens is 1. The second kappa shape index (κ2) is 8.98. The van der Waals surface area contributed by atoms with Gasteiger partial charge in [-0.05, 0) is 50.1 Å². The van der Waals surface area contributed by atoms with Gasteiger partial charge in [-0.1, -0.05) is 0 Å². The van der Waals surface area contributed by atoms with Gasteiger partial charge < -0.3 is 19.3 Å². The van der Waals surface area contributed by atoms with E-state index < -0.39 is 5.60 Å². The molecule has 160 valence electrons. The van der Waals surface area contributed by atoms with Gasteiger partial charge in [0.1, 0.15) is 23.8 Å². The van der Waals surface area contributed by atoms with Crippen LogP contribution in [-0.4, -0.2) is 92.3 Å². The van der Waals surface area contributed by atoms with E-state index in [9.17, 15) is 9.18 Å². The van der Waals surface area contributed by atoms with E-state index in [-0.39, 0.29) is 11.7 Å². The van der Waals surface area contributed by atoms with Gasteiger partial charge in [0.2, 0.25) is 5.91 Å². The Hall–Kier alpha value is -1.70. The van der Waals surface area contributed by atoms with Crippen LogP contribution in [0.3, 0.4) is 0 Å². The standard InChI is InChI=1S/C22H32FN3O3/c1-24-8-10-26(11-9-24)21(27)14-22(17-28-20-6-4-19(23)5-7-20)16-25(12-13-29-22)15-18-2-3-18/h4-7,18H,2-3,8-17H2,1H3. The number of piperazine rings is 1. The van der Waals surface area contributed by atoms with Gasteiger partial charge in [0.15, 0.2) is 0 Å². The van der Waals surface area contributed by atoms with E-state index in [1.54, 1.807) is 12.1 Å². The Morgan fingerprint density at radius 1 is 1.17 bits per heavy atom. The SMILES string of the molecule is CN1CCN(C(=O)CC2(COc3ccc(F)cc3)CN(CC3CC3)CCO2)CC1. The number of carbonyl (C=O) groups is 1. The van der Waals surface area contributed by atoms with Crippen molar-refractivity contribution in [3.05, 3.63) is 30.1 Å². The molecule has 1 aromatic carbocycles. The predicted octanol–water partition coefficient (Wildman–Crippen LogP) is 1.85. The van der Waals surface area contributed by atoms with Crippen LogP contribution >= 0.6 is 0 Å². The quantitative estimate of drug-likeness (QED) is 0.693. The summed E-state index contributed by atoms with van der Waals surface area (Å²) in [4.78, 5) is 19.7. The van der Waals surface area contributed by atoms with Gasteiger partial charge in [-0.3, -0.25) is 9.69 Å². The summed E-state index contributed by atoms with van der Waals surface area (Å²) >= 11 is 0. The lowest BCUT2D eigenvalue weighted by Gasteiger charge is -2.43. The Balaban J connectivity index is 1.43. The summed E-state index contributed by atoms with van der Waals surface area (Å²) in [5, 5.41) is 0. The number of morpholine rings is 1. The highest BCUT2D eigenvalue weighted by molar-refractivity contribution is 5.77. The minimum Gasteiger partial charge on any atom is -0.491 e. The van der Waals surface area contributed by atoms with E-state index in [2.05, 4.69) is 16.8 Å². The highest BCUT2D eigenvalue weighted by atomic mass is 19.1. The molecule has 6 nitrogen and oxygen atoms in total. The topological polar surface area (TPSA) is 45.2 Å². The lowest BCUT2D eigenvalue weighted by atomic mass is 9.96. The first-order valence-electron chi connectivity index (χ1n) is 10.7. The third-order valence-electron chi connectivity index (χ3n) is 6.19. The first-order chi connectivity index (χ1) is 14.0. The summed E-state index contributed by atoms with van der Waals surface area (Å²) < 4.78 is 25.4. The van der Waals surface area contributed by atoms with Crippen molar-refractivity contribution in [2.24, 2.45) is 5.92 Å². The minimum atomic E-state index is -0.665. The number of nitrogens with zero attached hydrogens (tertiary/aromatic N) is 3. The molecule has 0 spiro atoms. The molecule has 0 radical (unpaired) electrons. The summed E-state index contributed by atoms with van der Waals surface area (Å²) in [5.41, 5.74) is -0.665. The number of ether oxygens (including phenoxy) is 2. The molecular weight excluding hydrogens is 373 g/mol. The Morgan fingerprint density at radius 2 is 1.90 bits per heavy atom. The normalized spacial score (nSPS) is 26.5. The van der Waals surface area contributed by atoms with Crippen molar-refractivity contribution < 1.29 is 18.7 Å². The number of likely N-dealkylation sites (N-methyl/N-ethyl adjacent to an activating group) is 1. The van der Waals surface area contributed by atoms with Crippen molar-refractivity contribution >= 4 is 5.91 Å². The third-order valence-corrected chi connectivity index (χ3v) is 6.19. The smallest absolute Gasteiger partial charge is 0.225 e. The molecule has 4 rings (SSSR count). The summed E-state index contributed by atoms with van der Waals surface area (Å²) in [5.74, 6) is 1.23.